The second-order valence-electron chi connectivity index (χ2n) is 11.9. The number of carbonyl (C=O) groups is 1. The van der Waals surface area contributed by atoms with Crippen LogP contribution in [0, 0.1) is 41.5 Å². The van der Waals surface area contributed by atoms with Crippen LogP contribution in [0.4, 0.5) is 0 Å². The highest BCUT2D eigenvalue weighted by Gasteiger charge is 2.01. The van der Waals surface area contributed by atoms with E-state index in [9.17, 15) is 4.79 Å². The lowest BCUT2D eigenvalue weighted by Gasteiger charge is -2.05. The molecule has 0 aliphatic heterocycles. The number of carbonyl (C=O) groups excluding carboxylic acids is 1. The molecule has 6 rings (SSSR count). The molecule has 0 saturated carbocycles. The fraction of sp³-hybridized carbons (Fsp3) is 0.133. The van der Waals surface area contributed by atoms with Gasteiger partial charge in [-0.1, -0.05) is 148 Å². The van der Waals surface area contributed by atoms with Crippen molar-refractivity contribution in [1.82, 2.24) is 0 Å². The standard InChI is InChI=1S/C17H16O.C14H14O.C14H14S/c1-13-3-7-15(8-4-13)9-12-17(18)16-10-5-14(2)6-11-16;2*1-11-3-7-13(8-4-11)15-14-9-5-12(2)6-10-14/h3-12H,1-2H3;2*3-10H,1-2H3. The summed E-state index contributed by atoms with van der Waals surface area (Å²) in [5.74, 6) is 1.80. The smallest absolute Gasteiger partial charge is 0.185 e. The molecule has 0 aliphatic carbocycles. The van der Waals surface area contributed by atoms with Gasteiger partial charge in [0.25, 0.3) is 0 Å². The van der Waals surface area contributed by atoms with Gasteiger partial charge in [-0.2, -0.15) is 0 Å². The Morgan fingerprint density at radius 1 is 0.438 bits per heavy atom. The number of ketones is 1. The van der Waals surface area contributed by atoms with Crippen molar-refractivity contribution in [2.75, 3.05) is 0 Å². The summed E-state index contributed by atoms with van der Waals surface area (Å²) in [7, 11) is 0. The molecule has 0 unspecified atom stereocenters. The van der Waals surface area contributed by atoms with Crippen LogP contribution in [-0.4, -0.2) is 5.78 Å². The highest BCUT2D eigenvalue weighted by atomic mass is 32.2. The molecule has 0 N–H and O–H groups in total. The summed E-state index contributed by atoms with van der Waals surface area (Å²) in [5.41, 5.74) is 9.25. The lowest BCUT2D eigenvalue weighted by molar-refractivity contribution is 0.104. The van der Waals surface area contributed by atoms with Crippen LogP contribution in [0.1, 0.15) is 49.3 Å². The summed E-state index contributed by atoms with van der Waals surface area (Å²) in [6.07, 6.45) is 3.47. The largest absolute Gasteiger partial charge is 0.457 e. The average molecular weight is 649 g/mol. The van der Waals surface area contributed by atoms with Gasteiger partial charge < -0.3 is 4.74 Å². The van der Waals surface area contributed by atoms with Crippen LogP contribution < -0.4 is 4.74 Å². The van der Waals surface area contributed by atoms with Crippen LogP contribution in [-0.2, 0) is 0 Å². The normalized spacial score (nSPS) is 10.4. The average Bonchev–Trinajstić information content (AvgIpc) is 3.09. The van der Waals surface area contributed by atoms with E-state index in [4.69, 9.17) is 4.74 Å². The fourth-order valence-corrected chi connectivity index (χ4v) is 5.18. The van der Waals surface area contributed by atoms with Gasteiger partial charge in [0, 0.05) is 15.4 Å². The van der Waals surface area contributed by atoms with Crippen LogP contribution in [0.5, 0.6) is 11.5 Å². The number of allylic oxidation sites excluding steroid dienone is 1. The number of hydrogen-bond acceptors (Lipinski definition) is 3. The Hall–Kier alpha value is -5.12. The van der Waals surface area contributed by atoms with Crippen LogP contribution in [0.2, 0.25) is 0 Å². The molecule has 0 heterocycles. The maximum absolute atomic E-state index is 11.9. The zero-order valence-electron chi connectivity index (χ0n) is 28.7. The first-order chi connectivity index (χ1) is 23.1. The third-order valence-corrected chi connectivity index (χ3v) is 8.41. The van der Waals surface area contributed by atoms with Gasteiger partial charge in [0.05, 0.1) is 0 Å². The minimum Gasteiger partial charge on any atom is -0.457 e. The predicted molar refractivity (Wildman–Crippen MR) is 205 cm³/mol. The summed E-state index contributed by atoms with van der Waals surface area (Å²) >= 11 is 1.80. The Labute approximate surface area is 291 Å². The molecule has 0 amide bonds. The molecule has 0 saturated heterocycles. The minimum atomic E-state index is 0.0376. The maximum Gasteiger partial charge on any atom is 0.185 e. The molecule has 6 aromatic rings. The Morgan fingerprint density at radius 2 is 0.750 bits per heavy atom. The highest BCUT2D eigenvalue weighted by Crippen LogP contribution is 2.27. The van der Waals surface area contributed by atoms with Gasteiger partial charge in [-0.15, -0.1) is 0 Å². The molecule has 3 heteroatoms. The van der Waals surface area contributed by atoms with E-state index in [-0.39, 0.29) is 5.78 Å². The lowest BCUT2D eigenvalue weighted by atomic mass is 10.1. The van der Waals surface area contributed by atoms with E-state index in [1.54, 1.807) is 17.8 Å². The van der Waals surface area contributed by atoms with Crippen molar-refractivity contribution in [2.24, 2.45) is 0 Å². The summed E-state index contributed by atoms with van der Waals surface area (Å²) in [4.78, 5) is 14.5. The first-order valence-electron chi connectivity index (χ1n) is 16.1. The first-order valence-corrected chi connectivity index (χ1v) is 16.9. The van der Waals surface area contributed by atoms with Crippen LogP contribution in [0.25, 0.3) is 6.08 Å². The van der Waals surface area contributed by atoms with E-state index in [2.05, 4.69) is 76.2 Å². The molecule has 0 spiro atoms. The van der Waals surface area contributed by atoms with Gasteiger partial charge in [-0.05, 0) is 102 Å². The topological polar surface area (TPSA) is 26.3 Å². The molecule has 0 bridgehead atoms. The van der Waals surface area contributed by atoms with E-state index in [1.165, 1.54) is 37.6 Å². The maximum atomic E-state index is 11.9. The minimum absolute atomic E-state index is 0.0376. The van der Waals surface area contributed by atoms with Gasteiger partial charge in [-0.3, -0.25) is 4.79 Å². The number of ether oxygens (including phenoxy) is 1. The molecule has 0 atom stereocenters. The highest BCUT2D eigenvalue weighted by molar-refractivity contribution is 7.99. The Kier molecular flexibility index (Phi) is 13.6. The molecule has 0 fully saturated rings. The molecule has 2 nitrogen and oxygen atoms in total. The summed E-state index contributed by atoms with van der Waals surface area (Å²) in [6.45, 7) is 12.4. The van der Waals surface area contributed by atoms with E-state index < -0.39 is 0 Å². The first kappa shape index (κ1) is 35.7. The van der Waals surface area contributed by atoms with Crippen molar-refractivity contribution in [3.8, 4) is 11.5 Å². The SMILES string of the molecule is Cc1ccc(C=CC(=O)c2ccc(C)cc2)cc1.Cc1ccc(Oc2ccc(C)cc2)cc1.Cc1ccc(Sc2ccc(C)cc2)cc1. The van der Waals surface area contributed by atoms with E-state index >= 15 is 0 Å². The van der Waals surface area contributed by atoms with Crippen molar-refractivity contribution < 1.29 is 9.53 Å². The molecular formula is C45H44O2S. The van der Waals surface area contributed by atoms with E-state index in [1.807, 2.05) is 117 Å². The van der Waals surface area contributed by atoms with Crippen LogP contribution >= 0.6 is 11.8 Å². The van der Waals surface area contributed by atoms with Gasteiger partial charge in [0.15, 0.2) is 5.78 Å². The Morgan fingerprint density at radius 3 is 1.12 bits per heavy atom. The molecule has 0 radical (unpaired) electrons. The van der Waals surface area contributed by atoms with E-state index in [0.29, 0.717) is 0 Å². The summed E-state index contributed by atoms with van der Waals surface area (Å²) in [6, 6.07) is 49.1. The molecule has 0 aliphatic rings. The zero-order chi connectivity index (χ0) is 34.3. The van der Waals surface area contributed by atoms with Crippen molar-refractivity contribution in [3.05, 3.63) is 196 Å². The van der Waals surface area contributed by atoms with Crippen LogP contribution in [0.3, 0.4) is 0 Å². The Bertz CT molecular complexity index is 1690. The van der Waals surface area contributed by atoms with Crippen molar-refractivity contribution in [1.29, 1.82) is 0 Å². The fourth-order valence-electron chi connectivity index (χ4n) is 4.36. The van der Waals surface area contributed by atoms with Gasteiger partial charge in [0.1, 0.15) is 11.5 Å². The number of rotatable bonds is 7. The zero-order valence-corrected chi connectivity index (χ0v) is 29.6. The molecule has 0 aromatic heterocycles. The molecule has 242 valence electrons. The molecular weight excluding hydrogens is 605 g/mol. The quantitative estimate of drug-likeness (QED) is 0.127. The third kappa shape index (κ3) is 12.6. The summed E-state index contributed by atoms with van der Waals surface area (Å²) < 4.78 is 5.69. The molecule has 48 heavy (non-hydrogen) atoms. The van der Waals surface area contributed by atoms with Gasteiger partial charge in [-0.25, -0.2) is 0 Å². The van der Waals surface area contributed by atoms with Crippen molar-refractivity contribution in [2.45, 2.75) is 51.3 Å². The second-order valence-corrected chi connectivity index (χ2v) is 13.1. The van der Waals surface area contributed by atoms with Gasteiger partial charge >= 0.3 is 0 Å². The third-order valence-electron chi connectivity index (χ3n) is 7.40. The second kappa shape index (κ2) is 18.3. The number of aryl methyl sites for hydroxylation is 6. The summed E-state index contributed by atoms with van der Waals surface area (Å²) in [5, 5.41) is 0. The van der Waals surface area contributed by atoms with Gasteiger partial charge in [0.2, 0.25) is 0 Å². The van der Waals surface area contributed by atoms with Crippen molar-refractivity contribution >= 4 is 23.6 Å². The number of hydrogen-bond donors (Lipinski definition) is 0. The van der Waals surface area contributed by atoms with Crippen molar-refractivity contribution in [3.63, 3.8) is 0 Å². The number of benzene rings is 6. The van der Waals surface area contributed by atoms with E-state index in [0.717, 1.165) is 28.2 Å². The monoisotopic (exact) mass is 648 g/mol. The Balaban J connectivity index is 0.000000164. The molecule has 6 aromatic carbocycles. The lowest BCUT2D eigenvalue weighted by Crippen LogP contribution is -1.93. The predicted octanol–water partition coefficient (Wildman–Crippen LogP) is 12.7. The van der Waals surface area contributed by atoms with Crippen LogP contribution in [0.15, 0.2) is 161 Å².